The average Bonchev–Trinajstić information content (AvgIpc) is 0. The summed E-state index contributed by atoms with van der Waals surface area (Å²) in [6.45, 7) is 0. The van der Waals surface area contributed by atoms with Gasteiger partial charge in [0.2, 0.25) is 0 Å². The van der Waals surface area contributed by atoms with Crippen molar-refractivity contribution in [3.8, 4) is 0 Å². The van der Waals surface area contributed by atoms with E-state index in [1.165, 1.54) is 0 Å². The van der Waals surface area contributed by atoms with Gasteiger partial charge in [0.05, 0.1) is 0 Å². The van der Waals surface area contributed by atoms with E-state index in [-0.39, 0.29) is 141 Å². The van der Waals surface area contributed by atoms with Gasteiger partial charge in [-0.05, 0) is 0 Å². The third-order valence-corrected chi connectivity index (χ3v) is 0. The summed E-state index contributed by atoms with van der Waals surface area (Å²) in [6.07, 6.45) is 0. The van der Waals surface area contributed by atoms with Crippen molar-refractivity contribution in [2.75, 3.05) is 0 Å². The first-order valence-corrected chi connectivity index (χ1v) is 0. The molecule has 0 unspecified atom stereocenters. The molecule has 46 valence electrons. The van der Waals surface area contributed by atoms with Crippen LogP contribution in [-0.4, -0.2) is 0 Å². The van der Waals surface area contributed by atoms with Crippen LogP contribution in [0.15, 0.2) is 0 Å². The molecule has 0 fully saturated rings. The third-order valence-electron chi connectivity index (χ3n) is 0. The number of hydrogen-bond donors (Lipinski definition) is 0. The Bertz CT molecular complexity index is 10.9. The van der Waals surface area contributed by atoms with E-state index < -0.39 is 0 Å². The Morgan fingerprint density at radius 3 is 0.429 bits per heavy atom. The third kappa shape index (κ3) is 40.3. The van der Waals surface area contributed by atoms with Crippen LogP contribution in [0.25, 0.3) is 0 Å². The van der Waals surface area contributed by atoms with Gasteiger partial charge < -0.3 is 16.4 Å². The maximum atomic E-state index is 0. The van der Waals surface area contributed by atoms with Gasteiger partial charge >= 0.3 is 83.5 Å². The summed E-state index contributed by atoms with van der Waals surface area (Å²) in [4.78, 5) is 0. The van der Waals surface area contributed by atoms with Crippen LogP contribution in [0.1, 0.15) is 0 Å². The molecular weight excluding hydrogens is 541 g/mol. The minimum absolute atomic E-state index is 0. The Hall–Kier alpha value is 3.96. The molecule has 0 rings (SSSR count). The van der Waals surface area contributed by atoms with Crippen molar-refractivity contribution in [3.05, 3.63) is 0 Å². The molecule has 0 N–H and O–H groups in total. The van der Waals surface area contributed by atoms with Crippen molar-refractivity contribution >= 4 is 0 Å². The fraction of sp³-hybridized carbons (Fsp3) is 0. The van der Waals surface area contributed by atoms with Crippen LogP contribution in [0.5, 0.6) is 0 Å². The van der Waals surface area contributed by atoms with Crippen LogP contribution in [0.2, 0.25) is 0 Å². The molecule has 0 aromatic heterocycles. The molecule has 0 saturated heterocycles. The Morgan fingerprint density at radius 1 is 0.429 bits per heavy atom. The Labute approximate surface area is 137 Å². The SMILES string of the molecule is [Ce+3].[Ce+3].[O-2].[O-2].[O-2].[Pd].[Pd]. The van der Waals surface area contributed by atoms with E-state index in [1.54, 1.807) is 0 Å². The van der Waals surface area contributed by atoms with Gasteiger partial charge in [-0.15, -0.1) is 0 Å². The minimum Gasteiger partial charge on any atom is -2.00 e. The second-order valence-corrected chi connectivity index (χ2v) is 0. The van der Waals surface area contributed by atoms with Crippen LogP contribution in [0.3, 0.4) is 0 Å². The summed E-state index contributed by atoms with van der Waals surface area (Å²) < 4.78 is 0. The molecule has 0 bridgehead atoms. The molecule has 0 aliphatic carbocycles. The van der Waals surface area contributed by atoms with Gasteiger partial charge in [-0.1, -0.05) is 0 Å². The van der Waals surface area contributed by atoms with Crippen LogP contribution in [0.4, 0.5) is 0 Å². The van der Waals surface area contributed by atoms with Gasteiger partial charge in [-0.2, -0.15) is 0 Å². The maximum absolute atomic E-state index is 0. The largest absolute Gasteiger partial charge is 3.00 e. The topological polar surface area (TPSA) is 85.5 Å². The van der Waals surface area contributed by atoms with Crippen LogP contribution in [-0.2, 0) is 57.3 Å². The van der Waals surface area contributed by atoms with Gasteiger partial charge in [-0.3, -0.25) is 0 Å². The predicted molar refractivity (Wildman–Crippen MR) is 2.06 cm³/mol. The maximum Gasteiger partial charge on any atom is 3.00 e. The van der Waals surface area contributed by atoms with E-state index in [0.717, 1.165) is 0 Å². The molecule has 2 radical (unpaired) electrons. The predicted octanol–water partition coefficient (Wildman–Crippen LogP) is -0.361. The van der Waals surface area contributed by atoms with Crippen molar-refractivity contribution in [3.63, 3.8) is 0 Å². The molecule has 0 aliphatic rings. The Balaban J connectivity index is 0. The molecule has 0 amide bonds. The van der Waals surface area contributed by atoms with E-state index >= 15 is 0 Å². The standard InChI is InChI=1S/2Ce.3O.2Pd/q2*+3;3*-2;;. The zero-order valence-electron chi connectivity index (χ0n) is 2.86. The normalized spacial score (nSPS) is 0. The first-order chi connectivity index (χ1) is 0. The van der Waals surface area contributed by atoms with Crippen molar-refractivity contribution < 1.29 is 141 Å². The summed E-state index contributed by atoms with van der Waals surface area (Å²) in [7, 11) is 0. The second-order valence-electron chi connectivity index (χ2n) is 0. The molecular formula is Ce2O3Pd2. The molecule has 7 heteroatoms. The molecule has 7 heavy (non-hydrogen) atoms. The van der Waals surface area contributed by atoms with Crippen molar-refractivity contribution in [2.24, 2.45) is 0 Å². The van der Waals surface area contributed by atoms with E-state index in [0.29, 0.717) is 0 Å². The summed E-state index contributed by atoms with van der Waals surface area (Å²) in [5.41, 5.74) is 0. The Kier molecular flexibility index (Phi) is 505. The number of rotatable bonds is 0. The van der Waals surface area contributed by atoms with Gasteiger partial charge in [0, 0.05) is 40.8 Å². The van der Waals surface area contributed by atoms with Gasteiger partial charge in [0.15, 0.2) is 0 Å². The molecule has 0 atom stereocenters. The molecule has 0 saturated carbocycles. The quantitative estimate of drug-likeness (QED) is 0.376. The minimum atomic E-state index is 0. The van der Waals surface area contributed by atoms with Crippen LogP contribution >= 0.6 is 0 Å². The molecule has 0 aromatic rings. The zero-order chi connectivity index (χ0) is 0. The summed E-state index contributed by atoms with van der Waals surface area (Å²) in [5, 5.41) is 0. The molecule has 0 aromatic carbocycles. The Morgan fingerprint density at radius 2 is 0.429 bits per heavy atom. The van der Waals surface area contributed by atoms with Crippen molar-refractivity contribution in [1.82, 2.24) is 0 Å². The second kappa shape index (κ2) is 51.0. The van der Waals surface area contributed by atoms with E-state index in [2.05, 4.69) is 0 Å². The average molecular weight is 541 g/mol. The van der Waals surface area contributed by atoms with Crippen LogP contribution in [0, 0.1) is 83.5 Å². The van der Waals surface area contributed by atoms with Crippen molar-refractivity contribution in [1.29, 1.82) is 0 Å². The van der Waals surface area contributed by atoms with E-state index in [4.69, 9.17) is 0 Å². The smallest absolute Gasteiger partial charge is 2.00 e. The van der Waals surface area contributed by atoms with Crippen LogP contribution < -0.4 is 0 Å². The van der Waals surface area contributed by atoms with Gasteiger partial charge in [0.1, 0.15) is 0 Å². The van der Waals surface area contributed by atoms with E-state index in [1.807, 2.05) is 0 Å². The number of hydrogen-bond acceptors (Lipinski definition) is 0. The monoisotopic (exact) mass is 540 g/mol. The first-order valence-electron chi connectivity index (χ1n) is 0. The van der Waals surface area contributed by atoms with Gasteiger partial charge in [0.25, 0.3) is 0 Å². The first kappa shape index (κ1) is 69.4. The van der Waals surface area contributed by atoms with E-state index in [9.17, 15) is 0 Å². The summed E-state index contributed by atoms with van der Waals surface area (Å²) in [6, 6.07) is 0. The fourth-order valence-corrected chi connectivity index (χ4v) is 0. The summed E-state index contributed by atoms with van der Waals surface area (Å²) >= 11 is 0. The van der Waals surface area contributed by atoms with Crippen molar-refractivity contribution in [2.45, 2.75) is 0 Å². The zero-order valence-corrected chi connectivity index (χ0v) is 12.2. The van der Waals surface area contributed by atoms with Gasteiger partial charge in [-0.25, -0.2) is 0 Å². The molecule has 0 aliphatic heterocycles. The molecule has 3 nitrogen and oxygen atoms in total. The molecule has 0 heterocycles. The fourth-order valence-electron chi connectivity index (χ4n) is 0. The summed E-state index contributed by atoms with van der Waals surface area (Å²) in [5.74, 6) is 0. The molecule has 0 spiro atoms.